The highest BCUT2D eigenvalue weighted by molar-refractivity contribution is 14.0. The van der Waals surface area contributed by atoms with E-state index in [1.54, 1.807) is 7.05 Å². The van der Waals surface area contributed by atoms with Gasteiger partial charge in [0.2, 0.25) is 5.89 Å². The number of hydrogen-bond donors (Lipinski definition) is 2. The maximum atomic E-state index is 5.73. The molecule has 180 valence electrons. The van der Waals surface area contributed by atoms with Crippen LogP contribution >= 0.6 is 24.0 Å². The fraction of sp³-hybridized carbons (Fsp3) is 0.696. The monoisotopic (exact) mass is 558 g/mol. The molecule has 2 aromatic heterocycles. The molecule has 0 aliphatic carbocycles. The number of guanidine groups is 1. The van der Waals surface area contributed by atoms with Gasteiger partial charge in [0.1, 0.15) is 5.76 Å². The Balaban J connectivity index is 0.00000363. The fourth-order valence-corrected chi connectivity index (χ4v) is 4.09. The van der Waals surface area contributed by atoms with Crippen molar-refractivity contribution in [1.82, 2.24) is 25.7 Å². The molecule has 1 aliphatic rings. The van der Waals surface area contributed by atoms with E-state index >= 15 is 0 Å². The second-order valence-electron chi connectivity index (χ2n) is 8.51. The second-order valence-corrected chi connectivity index (χ2v) is 8.51. The normalized spacial score (nSPS) is 15.8. The summed E-state index contributed by atoms with van der Waals surface area (Å²) in [6, 6.07) is 2.06. The molecule has 3 heterocycles. The highest BCUT2D eigenvalue weighted by Gasteiger charge is 2.21. The summed E-state index contributed by atoms with van der Waals surface area (Å²) in [6.07, 6.45) is 4.47. The van der Waals surface area contributed by atoms with Crippen LogP contribution in [0.4, 0.5) is 0 Å². The lowest BCUT2D eigenvalue weighted by Crippen LogP contribution is -2.42. The average molecular weight is 559 g/mol. The largest absolute Gasteiger partial charge is 0.444 e. The number of halogens is 1. The number of aliphatic imine (C=N–C) groups is 1. The van der Waals surface area contributed by atoms with Crippen molar-refractivity contribution in [3.05, 3.63) is 34.9 Å². The minimum Gasteiger partial charge on any atom is -0.444 e. The van der Waals surface area contributed by atoms with Crippen molar-refractivity contribution in [2.24, 2.45) is 10.9 Å². The summed E-state index contributed by atoms with van der Waals surface area (Å²) in [5, 5.41) is 11.0. The van der Waals surface area contributed by atoms with Crippen molar-refractivity contribution < 1.29 is 8.94 Å². The van der Waals surface area contributed by atoms with Gasteiger partial charge >= 0.3 is 0 Å². The molecule has 1 fully saturated rings. The first kappa shape index (κ1) is 26.6. The third-order valence-corrected chi connectivity index (χ3v) is 6.33. The number of nitrogens with zero attached hydrogens (tertiary/aromatic N) is 4. The zero-order valence-corrected chi connectivity index (χ0v) is 22.4. The third-order valence-electron chi connectivity index (χ3n) is 6.33. The molecule has 0 saturated carbocycles. The number of aryl methyl sites for hydroxylation is 2. The molecule has 0 spiro atoms. The summed E-state index contributed by atoms with van der Waals surface area (Å²) < 4.78 is 11.2. The number of hydrogen-bond acceptors (Lipinski definition) is 6. The molecule has 0 unspecified atom stereocenters. The maximum Gasteiger partial charge on any atom is 0.208 e. The van der Waals surface area contributed by atoms with Crippen molar-refractivity contribution in [2.75, 3.05) is 26.7 Å². The molecule has 0 atom stereocenters. The molecule has 3 rings (SSSR count). The smallest absolute Gasteiger partial charge is 0.208 e. The van der Waals surface area contributed by atoms with Gasteiger partial charge in [0.15, 0.2) is 11.7 Å². The molecule has 0 radical (unpaired) electrons. The first-order valence-electron chi connectivity index (χ1n) is 11.6. The third kappa shape index (κ3) is 7.47. The summed E-state index contributed by atoms with van der Waals surface area (Å²) in [4.78, 5) is 11.3. The van der Waals surface area contributed by atoms with Gasteiger partial charge in [0.25, 0.3) is 0 Å². The van der Waals surface area contributed by atoms with E-state index in [1.165, 1.54) is 0 Å². The summed E-state index contributed by atoms with van der Waals surface area (Å²) >= 11 is 0. The van der Waals surface area contributed by atoms with E-state index in [4.69, 9.17) is 8.94 Å². The average Bonchev–Trinajstić information content (AvgIpc) is 3.36. The Morgan fingerprint density at radius 1 is 1.22 bits per heavy atom. The molecule has 1 aliphatic heterocycles. The molecule has 9 heteroatoms. The van der Waals surface area contributed by atoms with E-state index in [0.29, 0.717) is 18.4 Å². The van der Waals surface area contributed by atoms with E-state index in [9.17, 15) is 0 Å². The van der Waals surface area contributed by atoms with Crippen molar-refractivity contribution in [3.63, 3.8) is 0 Å². The van der Waals surface area contributed by atoms with E-state index in [-0.39, 0.29) is 24.0 Å². The minimum absolute atomic E-state index is 0. The molecular weight excluding hydrogens is 519 g/mol. The molecule has 2 N–H and O–H groups in total. The van der Waals surface area contributed by atoms with Gasteiger partial charge in [-0.25, -0.2) is 4.98 Å². The minimum atomic E-state index is 0. The van der Waals surface area contributed by atoms with Crippen LogP contribution in [-0.2, 0) is 13.1 Å². The SMILES string of the molecule is CCC(CC)c1cc(CNC(=NC)NCC2CCN(Cc3nc(C)c(C)o3)CC2)on1.I. The standard InChI is InChI=1S/C23H38N6O2.HI/c1-6-19(7-2)21-12-20(31-28-21)14-26-23(24-5)25-13-18-8-10-29(11-9-18)15-22-27-16(3)17(4)30-22;/h12,18-19H,6-11,13-15H2,1-5H3,(H2,24,25,26);1H. The Kier molecular flexibility index (Phi) is 11.0. The number of oxazole rings is 1. The lowest BCUT2D eigenvalue weighted by Gasteiger charge is -2.31. The van der Waals surface area contributed by atoms with E-state index in [2.05, 4.69) is 50.6 Å². The van der Waals surface area contributed by atoms with Crippen LogP contribution in [0.3, 0.4) is 0 Å². The zero-order chi connectivity index (χ0) is 22.2. The highest BCUT2D eigenvalue weighted by atomic mass is 127. The van der Waals surface area contributed by atoms with Crippen LogP contribution in [0.2, 0.25) is 0 Å². The molecule has 8 nitrogen and oxygen atoms in total. The van der Waals surface area contributed by atoms with Gasteiger partial charge in [0, 0.05) is 25.6 Å². The number of aromatic nitrogens is 2. The number of likely N-dealkylation sites (tertiary alicyclic amines) is 1. The molecule has 0 amide bonds. The molecule has 1 saturated heterocycles. The van der Waals surface area contributed by atoms with Gasteiger partial charge in [-0.1, -0.05) is 19.0 Å². The predicted molar refractivity (Wildman–Crippen MR) is 137 cm³/mol. The van der Waals surface area contributed by atoms with Gasteiger partial charge in [-0.05, 0) is 58.5 Å². The second kappa shape index (κ2) is 13.2. The Morgan fingerprint density at radius 2 is 1.94 bits per heavy atom. The molecule has 32 heavy (non-hydrogen) atoms. The van der Waals surface area contributed by atoms with Crippen molar-refractivity contribution >= 4 is 29.9 Å². The summed E-state index contributed by atoms with van der Waals surface area (Å²) in [6.45, 7) is 12.8. The van der Waals surface area contributed by atoms with Crippen LogP contribution in [0, 0.1) is 19.8 Å². The van der Waals surface area contributed by atoms with Gasteiger partial charge < -0.3 is 19.6 Å². The van der Waals surface area contributed by atoms with E-state index < -0.39 is 0 Å². The maximum absolute atomic E-state index is 5.73. The summed E-state index contributed by atoms with van der Waals surface area (Å²) in [5.41, 5.74) is 2.04. The Hall–Kier alpha value is -1.62. The van der Waals surface area contributed by atoms with Crippen molar-refractivity contribution in [1.29, 1.82) is 0 Å². The lowest BCUT2D eigenvalue weighted by atomic mass is 9.97. The topological polar surface area (TPSA) is 91.7 Å². The molecule has 0 aromatic carbocycles. The molecule has 2 aromatic rings. The van der Waals surface area contributed by atoms with Gasteiger partial charge in [-0.2, -0.15) is 0 Å². The van der Waals surface area contributed by atoms with Crippen LogP contribution in [-0.4, -0.2) is 47.7 Å². The van der Waals surface area contributed by atoms with Crippen molar-refractivity contribution in [2.45, 2.75) is 72.4 Å². The van der Waals surface area contributed by atoms with E-state index in [0.717, 1.165) is 86.6 Å². The highest BCUT2D eigenvalue weighted by Crippen LogP contribution is 2.22. The molecular formula is C23H39IN6O2. The number of piperidine rings is 1. The summed E-state index contributed by atoms with van der Waals surface area (Å²) in [7, 11) is 1.80. The van der Waals surface area contributed by atoms with Crippen molar-refractivity contribution in [3.8, 4) is 0 Å². The van der Waals surface area contributed by atoms with Gasteiger partial charge in [-0.3, -0.25) is 9.89 Å². The van der Waals surface area contributed by atoms with Crippen LogP contribution in [0.15, 0.2) is 20.0 Å². The fourth-order valence-electron chi connectivity index (χ4n) is 4.09. The first-order valence-corrected chi connectivity index (χ1v) is 11.6. The van der Waals surface area contributed by atoms with Gasteiger partial charge in [-0.15, -0.1) is 24.0 Å². The van der Waals surface area contributed by atoms with Crippen LogP contribution in [0.1, 0.15) is 74.2 Å². The van der Waals surface area contributed by atoms with Gasteiger partial charge in [0.05, 0.1) is 24.5 Å². The predicted octanol–water partition coefficient (Wildman–Crippen LogP) is 4.38. The Bertz CT molecular complexity index is 818. The quantitative estimate of drug-likeness (QED) is 0.268. The number of nitrogens with one attached hydrogen (secondary N) is 2. The Morgan fingerprint density at radius 3 is 2.53 bits per heavy atom. The van der Waals surface area contributed by atoms with E-state index in [1.807, 2.05) is 13.8 Å². The van der Waals surface area contributed by atoms with Crippen LogP contribution in [0.25, 0.3) is 0 Å². The number of rotatable bonds is 9. The lowest BCUT2D eigenvalue weighted by molar-refractivity contribution is 0.164. The molecule has 0 bridgehead atoms. The zero-order valence-electron chi connectivity index (χ0n) is 20.1. The van der Waals surface area contributed by atoms with Crippen LogP contribution in [0.5, 0.6) is 0 Å². The summed E-state index contributed by atoms with van der Waals surface area (Å²) in [5.74, 6) is 4.50. The first-order chi connectivity index (χ1) is 15.0. The Labute approximate surface area is 209 Å². The van der Waals surface area contributed by atoms with Crippen LogP contribution < -0.4 is 10.6 Å².